The Morgan fingerprint density at radius 3 is 2.52 bits per heavy atom. The fraction of sp³-hybridized carbons (Fsp3) is 0.263. The lowest BCUT2D eigenvalue weighted by molar-refractivity contribution is -0.116. The van der Waals surface area contributed by atoms with Crippen LogP contribution in [0, 0.1) is 6.92 Å². The van der Waals surface area contributed by atoms with Gasteiger partial charge in [0.1, 0.15) is 0 Å². The predicted octanol–water partition coefficient (Wildman–Crippen LogP) is 4.44. The summed E-state index contributed by atoms with van der Waals surface area (Å²) in [4.78, 5) is 23.8. The van der Waals surface area contributed by atoms with Gasteiger partial charge in [-0.1, -0.05) is 30.7 Å². The number of aryl methyl sites for hydroxylation is 1. The molecule has 0 saturated carbocycles. The van der Waals surface area contributed by atoms with E-state index in [1.165, 1.54) is 0 Å². The van der Waals surface area contributed by atoms with Crippen LogP contribution in [0.5, 0.6) is 0 Å². The fourth-order valence-corrected chi connectivity index (χ4v) is 2.44. The standard InChI is InChI=1S/C19H22ClN3O2/c1-3-5-18(24)22-16-7-4-6-15(11-16)21-12-19(25)23-17-10-14(20)9-8-13(17)2/h4,6-11,21H,3,5,12H2,1-2H3,(H,22,24)(H,23,25). The van der Waals surface area contributed by atoms with Crippen molar-refractivity contribution in [2.24, 2.45) is 0 Å². The summed E-state index contributed by atoms with van der Waals surface area (Å²) < 4.78 is 0. The van der Waals surface area contributed by atoms with Crippen molar-refractivity contribution in [2.45, 2.75) is 26.7 Å². The number of hydrogen-bond acceptors (Lipinski definition) is 3. The van der Waals surface area contributed by atoms with E-state index in [1.807, 2.05) is 38.1 Å². The van der Waals surface area contributed by atoms with Gasteiger partial charge in [0.25, 0.3) is 0 Å². The third kappa shape index (κ3) is 6.12. The average Bonchev–Trinajstić information content (AvgIpc) is 2.57. The highest BCUT2D eigenvalue weighted by Crippen LogP contribution is 2.20. The van der Waals surface area contributed by atoms with E-state index in [0.29, 0.717) is 22.8 Å². The van der Waals surface area contributed by atoms with Gasteiger partial charge in [-0.25, -0.2) is 0 Å². The Balaban J connectivity index is 1.91. The highest BCUT2D eigenvalue weighted by Gasteiger charge is 2.06. The molecule has 132 valence electrons. The third-order valence-corrected chi connectivity index (χ3v) is 3.79. The van der Waals surface area contributed by atoms with E-state index in [0.717, 1.165) is 17.7 Å². The molecular formula is C19H22ClN3O2. The summed E-state index contributed by atoms with van der Waals surface area (Å²) in [5.41, 5.74) is 3.10. The van der Waals surface area contributed by atoms with Gasteiger partial charge in [-0.05, 0) is 49.2 Å². The molecule has 5 nitrogen and oxygen atoms in total. The highest BCUT2D eigenvalue weighted by molar-refractivity contribution is 6.31. The van der Waals surface area contributed by atoms with Gasteiger partial charge in [0.2, 0.25) is 11.8 Å². The van der Waals surface area contributed by atoms with E-state index in [-0.39, 0.29) is 18.4 Å². The lowest BCUT2D eigenvalue weighted by Crippen LogP contribution is -2.22. The van der Waals surface area contributed by atoms with Crippen LogP contribution in [0.3, 0.4) is 0 Å². The van der Waals surface area contributed by atoms with Crippen molar-refractivity contribution in [1.29, 1.82) is 0 Å². The van der Waals surface area contributed by atoms with Gasteiger partial charge in [0.05, 0.1) is 6.54 Å². The molecule has 0 aliphatic heterocycles. The van der Waals surface area contributed by atoms with Crippen LogP contribution >= 0.6 is 11.6 Å². The van der Waals surface area contributed by atoms with E-state index < -0.39 is 0 Å². The van der Waals surface area contributed by atoms with Gasteiger partial charge in [-0.3, -0.25) is 9.59 Å². The minimum Gasteiger partial charge on any atom is -0.376 e. The molecule has 0 fully saturated rings. The Labute approximate surface area is 152 Å². The number of nitrogens with one attached hydrogen (secondary N) is 3. The molecule has 0 unspecified atom stereocenters. The van der Waals surface area contributed by atoms with Crippen molar-refractivity contribution in [2.75, 3.05) is 22.5 Å². The number of hydrogen-bond donors (Lipinski definition) is 3. The van der Waals surface area contributed by atoms with E-state index in [4.69, 9.17) is 11.6 Å². The van der Waals surface area contributed by atoms with Crippen LogP contribution in [0.15, 0.2) is 42.5 Å². The predicted molar refractivity (Wildman–Crippen MR) is 103 cm³/mol. The quantitative estimate of drug-likeness (QED) is 0.684. The molecule has 0 atom stereocenters. The number of anilines is 3. The fourth-order valence-electron chi connectivity index (χ4n) is 2.26. The molecule has 0 aliphatic carbocycles. The van der Waals surface area contributed by atoms with Crippen molar-refractivity contribution in [3.8, 4) is 0 Å². The molecule has 0 radical (unpaired) electrons. The molecule has 0 aliphatic rings. The molecule has 25 heavy (non-hydrogen) atoms. The van der Waals surface area contributed by atoms with Crippen LogP contribution in [-0.4, -0.2) is 18.4 Å². The largest absolute Gasteiger partial charge is 0.376 e. The smallest absolute Gasteiger partial charge is 0.243 e. The zero-order valence-corrected chi connectivity index (χ0v) is 15.1. The third-order valence-electron chi connectivity index (χ3n) is 3.55. The van der Waals surface area contributed by atoms with Crippen molar-refractivity contribution in [3.63, 3.8) is 0 Å². The van der Waals surface area contributed by atoms with Gasteiger partial charge in [0, 0.05) is 28.5 Å². The van der Waals surface area contributed by atoms with Gasteiger partial charge < -0.3 is 16.0 Å². The topological polar surface area (TPSA) is 70.2 Å². The van der Waals surface area contributed by atoms with Crippen molar-refractivity contribution in [1.82, 2.24) is 0 Å². The summed E-state index contributed by atoms with van der Waals surface area (Å²) in [7, 11) is 0. The first-order chi connectivity index (χ1) is 12.0. The van der Waals surface area contributed by atoms with Crippen LogP contribution in [0.4, 0.5) is 17.1 Å². The van der Waals surface area contributed by atoms with E-state index in [9.17, 15) is 9.59 Å². The molecule has 2 amide bonds. The van der Waals surface area contributed by atoms with Crippen molar-refractivity contribution < 1.29 is 9.59 Å². The van der Waals surface area contributed by atoms with Crippen molar-refractivity contribution >= 4 is 40.5 Å². The van der Waals surface area contributed by atoms with Gasteiger partial charge in [-0.15, -0.1) is 0 Å². The maximum absolute atomic E-state index is 12.1. The molecule has 3 N–H and O–H groups in total. The molecule has 2 aromatic rings. The number of carbonyl (C=O) groups is 2. The molecule has 6 heteroatoms. The van der Waals surface area contributed by atoms with Gasteiger partial charge in [0.15, 0.2) is 0 Å². The van der Waals surface area contributed by atoms with E-state index >= 15 is 0 Å². The maximum atomic E-state index is 12.1. The summed E-state index contributed by atoms with van der Waals surface area (Å²) in [6.45, 7) is 3.97. The number of benzene rings is 2. The number of halogens is 1. The minimum absolute atomic E-state index is 0.0196. The van der Waals surface area contributed by atoms with Crippen LogP contribution in [-0.2, 0) is 9.59 Å². The molecule has 2 aromatic carbocycles. The van der Waals surface area contributed by atoms with Crippen LogP contribution in [0.25, 0.3) is 0 Å². The Morgan fingerprint density at radius 2 is 1.76 bits per heavy atom. The summed E-state index contributed by atoms with van der Waals surface area (Å²) >= 11 is 5.95. The molecule has 0 spiro atoms. The van der Waals surface area contributed by atoms with E-state index in [1.54, 1.807) is 18.2 Å². The zero-order chi connectivity index (χ0) is 18.2. The highest BCUT2D eigenvalue weighted by atomic mass is 35.5. The zero-order valence-electron chi connectivity index (χ0n) is 14.4. The summed E-state index contributed by atoms with van der Waals surface area (Å²) in [5, 5.41) is 9.28. The number of amides is 2. The lowest BCUT2D eigenvalue weighted by atomic mass is 10.2. The molecule has 2 rings (SSSR count). The summed E-state index contributed by atoms with van der Waals surface area (Å²) in [6, 6.07) is 12.6. The van der Waals surface area contributed by atoms with Gasteiger partial charge in [-0.2, -0.15) is 0 Å². The molecule has 0 heterocycles. The normalized spacial score (nSPS) is 10.2. The Morgan fingerprint density at radius 1 is 1.00 bits per heavy atom. The van der Waals surface area contributed by atoms with E-state index in [2.05, 4.69) is 16.0 Å². The Kier molecular flexibility index (Phi) is 6.83. The monoisotopic (exact) mass is 359 g/mol. The molecular weight excluding hydrogens is 338 g/mol. The Bertz CT molecular complexity index is 762. The molecule has 0 saturated heterocycles. The van der Waals surface area contributed by atoms with Crippen LogP contribution in [0.2, 0.25) is 5.02 Å². The summed E-state index contributed by atoms with van der Waals surface area (Å²) in [6.07, 6.45) is 1.28. The first-order valence-electron chi connectivity index (χ1n) is 8.17. The SMILES string of the molecule is CCCC(=O)Nc1cccc(NCC(=O)Nc2cc(Cl)ccc2C)c1. The van der Waals surface area contributed by atoms with Crippen LogP contribution in [0.1, 0.15) is 25.3 Å². The van der Waals surface area contributed by atoms with Crippen LogP contribution < -0.4 is 16.0 Å². The second-order valence-corrected chi connectivity index (χ2v) is 6.18. The first kappa shape index (κ1) is 18.8. The maximum Gasteiger partial charge on any atom is 0.243 e. The number of carbonyl (C=O) groups excluding carboxylic acids is 2. The first-order valence-corrected chi connectivity index (χ1v) is 8.55. The average molecular weight is 360 g/mol. The molecule has 0 aromatic heterocycles. The summed E-state index contributed by atoms with van der Waals surface area (Å²) in [5.74, 6) is -0.195. The number of rotatable bonds is 7. The second kappa shape index (κ2) is 9.08. The Hall–Kier alpha value is -2.53. The lowest BCUT2D eigenvalue weighted by Gasteiger charge is -2.11. The molecule has 0 bridgehead atoms. The second-order valence-electron chi connectivity index (χ2n) is 5.74. The minimum atomic E-state index is -0.175. The van der Waals surface area contributed by atoms with Gasteiger partial charge >= 0.3 is 0 Å². The van der Waals surface area contributed by atoms with Crippen molar-refractivity contribution in [3.05, 3.63) is 53.1 Å².